The molecule has 0 bridgehead atoms. The van der Waals surface area contributed by atoms with Crippen LogP contribution in [0.2, 0.25) is 0 Å². The second-order valence-electron chi connectivity index (χ2n) is 7.78. The molecule has 2 saturated heterocycles. The Morgan fingerprint density at radius 1 is 1.39 bits per heavy atom. The van der Waals surface area contributed by atoms with Crippen molar-refractivity contribution in [2.45, 2.75) is 63.3 Å². The maximum absolute atomic E-state index is 11.9. The van der Waals surface area contributed by atoms with Crippen molar-refractivity contribution >= 4 is 11.9 Å². The monoisotopic (exact) mass is 395 g/mol. The molecule has 2 N–H and O–H groups in total. The highest BCUT2D eigenvalue weighted by atomic mass is 16.5. The number of likely N-dealkylation sites (tertiary alicyclic amines) is 1. The molecule has 0 aromatic carbocycles. The summed E-state index contributed by atoms with van der Waals surface area (Å²) in [5.41, 5.74) is -1.21. The van der Waals surface area contributed by atoms with Crippen LogP contribution in [-0.4, -0.2) is 70.9 Å². The van der Waals surface area contributed by atoms with Gasteiger partial charge in [0.1, 0.15) is 12.4 Å². The van der Waals surface area contributed by atoms with Gasteiger partial charge in [-0.15, -0.1) is 0 Å². The van der Waals surface area contributed by atoms with E-state index in [9.17, 15) is 14.7 Å². The van der Waals surface area contributed by atoms with Crippen molar-refractivity contribution in [2.75, 3.05) is 26.8 Å². The first-order chi connectivity index (χ1) is 13.3. The number of nitrogens with one attached hydrogen (secondary N) is 1. The third-order valence-electron chi connectivity index (χ3n) is 5.87. The number of hydrogen-bond donors (Lipinski definition) is 2. The molecule has 1 amide bonds. The number of carbonyl (C=O) groups excluding carboxylic acids is 2. The summed E-state index contributed by atoms with van der Waals surface area (Å²) in [5.74, 6) is -0.150. The van der Waals surface area contributed by atoms with Crippen molar-refractivity contribution in [2.24, 2.45) is 0 Å². The van der Waals surface area contributed by atoms with Gasteiger partial charge in [-0.05, 0) is 26.2 Å². The van der Waals surface area contributed by atoms with Crippen LogP contribution >= 0.6 is 0 Å². The number of piperidine rings is 1. The lowest BCUT2D eigenvalue weighted by Crippen LogP contribution is -2.69. The number of hydrogen-bond acceptors (Lipinski definition) is 8. The first kappa shape index (κ1) is 20.8. The summed E-state index contributed by atoms with van der Waals surface area (Å²) in [5, 5.41) is 14.1. The fourth-order valence-electron chi connectivity index (χ4n) is 4.08. The third kappa shape index (κ3) is 4.06. The molecule has 28 heavy (non-hydrogen) atoms. The Balaban J connectivity index is 1.61. The van der Waals surface area contributed by atoms with Crippen molar-refractivity contribution in [3.8, 4) is 0 Å². The van der Waals surface area contributed by atoms with Crippen molar-refractivity contribution in [1.29, 1.82) is 0 Å². The lowest BCUT2D eigenvalue weighted by Gasteiger charge is -2.53. The summed E-state index contributed by atoms with van der Waals surface area (Å²) < 4.78 is 16.0. The summed E-state index contributed by atoms with van der Waals surface area (Å²) >= 11 is 0. The molecule has 2 atom stereocenters. The number of esters is 1. The summed E-state index contributed by atoms with van der Waals surface area (Å²) in [4.78, 5) is 29.7. The molecule has 9 heteroatoms. The molecule has 3 heterocycles. The minimum absolute atomic E-state index is 0.0682. The Bertz CT molecular complexity index is 712. The normalized spacial score (nSPS) is 27.5. The number of oxazole rings is 1. The molecule has 0 saturated carbocycles. The zero-order chi connectivity index (χ0) is 20.4. The van der Waals surface area contributed by atoms with Crippen LogP contribution in [0.25, 0.3) is 0 Å². The maximum Gasteiger partial charge on any atom is 0.360 e. The molecular weight excluding hydrogens is 366 g/mol. The highest BCUT2D eigenvalue weighted by Gasteiger charge is 2.53. The van der Waals surface area contributed by atoms with Gasteiger partial charge in [-0.3, -0.25) is 9.69 Å². The molecule has 3 rings (SSSR count). The number of methoxy groups -OCH3 is 1. The van der Waals surface area contributed by atoms with Gasteiger partial charge in [0.25, 0.3) is 0 Å². The molecule has 0 unspecified atom stereocenters. The zero-order valence-corrected chi connectivity index (χ0v) is 16.7. The van der Waals surface area contributed by atoms with Crippen LogP contribution in [0, 0.1) is 0 Å². The third-order valence-corrected chi connectivity index (χ3v) is 5.87. The molecule has 2 aliphatic heterocycles. The van der Waals surface area contributed by atoms with E-state index in [1.54, 1.807) is 6.92 Å². The van der Waals surface area contributed by atoms with Gasteiger partial charge < -0.3 is 24.3 Å². The number of aromatic nitrogens is 1. The Morgan fingerprint density at radius 3 is 2.75 bits per heavy atom. The highest BCUT2D eigenvalue weighted by molar-refractivity contribution is 5.86. The average molecular weight is 395 g/mol. The standard InChI is InChI=1S/C19H29N3O6/c1-4-14(23)21-18(2)7-10-28-19(17(18)25)5-8-22(9-6-19)11-15-20-13(12-27-15)16(24)26-3/h12,17,25H,4-11H2,1-3H3,(H,21,23)/t17-,18+/m1/s1. The van der Waals surface area contributed by atoms with E-state index in [1.165, 1.54) is 13.4 Å². The van der Waals surface area contributed by atoms with Gasteiger partial charge in [-0.1, -0.05) is 6.92 Å². The smallest absolute Gasteiger partial charge is 0.360 e. The minimum atomic E-state index is -0.779. The van der Waals surface area contributed by atoms with Gasteiger partial charge in [0.15, 0.2) is 5.69 Å². The van der Waals surface area contributed by atoms with E-state index >= 15 is 0 Å². The summed E-state index contributed by atoms with van der Waals surface area (Å²) in [7, 11) is 1.30. The van der Waals surface area contributed by atoms with Crippen LogP contribution in [0.5, 0.6) is 0 Å². The Kier molecular flexibility index (Phi) is 6.07. The van der Waals surface area contributed by atoms with Gasteiger partial charge in [0, 0.05) is 26.1 Å². The van der Waals surface area contributed by atoms with Crippen LogP contribution in [-0.2, 0) is 20.8 Å². The van der Waals surface area contributed by atoms with Crippen LogP contribution in [0.15, 0.2) is 10.7 Å². The number of rotatable bonds is 5. The SMILES string of the molecule is CCC(=O)N[C@@]1(C)CCOC2(CCN(Cc3nc(C(=O)OC)co3)CC2)[C@@H]1O. The summed E-state index contributed by atoms with van der Waals surface area (Å²) in [6, 6.07) is 0. The molecule has 1 spiro atoms. The first-order valence-electron chi connectivity index (χ1n) is 9.70. The minimum Gasteiger partial charge on any atom is -0.464 e. The van der Waals surface area contributed by atoms with E-state index in [-0.39, 0.29) is 11.6 Å². The lowest BCUT2D eigenvalue weighted by atomic mass is 9.73. The van der Waals surface area contributed by atoms with E-state index in [2.05, 4.69) is 19.9 Å². The average Bonchev–Trinajstić information content (AvgIpc) is 3.16. The summed E-state index contributed by atoms with van der Waals surface area (Å²) in [6.07, 6.45) is 2.75. The molecule has 2 fully saturated rings. The van der Waals surface area contributed by atoms with E-state index in [1.807, 2.05) is 6.92 Å². The van der Waals surface area contributed by atoms with Crippen LogP contribution in [0.3, 0.4) is 0 Å². The molecule has 156 valence electrons. The molecule has 0 aliphatic carbocycles. The van der Waals surface area contributed by atoms with Crippen molar-refractivity contribution in [3.05, 3.63) is 17.8 Å². The van der Waals surface area contributed by atoms with Crippen LogP contribution in [0.1, 0.15) is 55.9 Å². The van der Waals surface area contributed by atoms with Crippen molar-refractivity contribution < 1.29 is 28.6 Å². The Morgan fingerprint density at radius 2 is 2.11 bits per heavy atom. The number of ether oxygens (including phenoxy) is 2. The highest BCUT2D eigenvalue weighted by Crippen LogP contribution is 2.40. The summed E-state index contributed by atoms with van der Waals surface area (Å²) in [6.45, 7) is 6.03. The van der Waals surface area contributed by atoms with E-state index in [0.717, 1.165) is 0 Å². The van der Waals surface area contributed by atoms with E-state index in [4.69, 9.17) is 9.15 Å². The number of carbonyl (C=O) groups is 2. The Labute approximate surface area is 164 Å². The molecule has 9 nitrogen and oxygen atoms in total. The van der Waals surface area contributed by atoms with Crippen molar-refractivity contribution in [3.63, 3.8) is 0 Å². The second kappa shape index (κ2) is 8.18. The van der Waals surface area contributed by atoms with Crippen LogP contribution < -0.4 is 5.32 Å². The molecule has 0 radical (unpaired) electrons. The van der Waals surface area contributed by atoms with E-state index in [0.29, 0.717) is 57.8 Å². The maximum atomic E-state index is 11.9. The quantitative estimate of drug-likeness (QED) is 0.706. The second-order valence-corrected chi connectivity index (χ2v) is 7.78. The lowest BCUT2D eigenvalue weighted by molar-refractivity contribution is -0.208. The predicted octanol–water partition coefficient (Wildman–Crippen LogP) is 0.862. The molecule has 2 aliphatic rings. The van der Waals surface area contributed by atoms with Gasteiger partial charge in [0.2, 0.25) is 11.8 Å². The zero-order valence-electron chi connectivity index (χ0n) is 16.7. The van der Waals surface area contributed by atoms with Crippen LogP contribution in [0.4, 0.5) is 0 Å². The molecule has 1 aromatic rings. The number of aliphatic hydroxyl groups is 1. The number of nitrogens with zero attached hydrogens (tertiary/aromatic N) is 2. The predicted molar refractivity (Wildman–Crippen MR) is 98.5 cm³/mol. The first-order valence-corrected chi connectivity index (χ1v) is 9.70. The fraction of sp³-hybridized carbons (Fsp3) is 0.737. The Hall–Kier alpha value is -1.97. The molecule has 1 aromatic heterocycles. The van der Waals surface area contributed by atoms with Gasteiger partial charge in [-0.2, -0.15) is 0 Å². The largest absolute Gasteiger partial charge is 0.464 e. The number of aliphatic hydroxyl groups excluding tert-OH is 1. The van der Waals surface area contributed by atoms with Crippen molar-refractivity contribution in [1.82, 2.24) is 15.2 Å². The van der Waals surface area contributed by atoms with Gasteiger partial charge >= 0.3 is 5.97 Å². The number of amides is 1. The fourth-order valence-corrected chi connectivity index (χ4v) is 4.08. The topological polar surface area (TPSA) is 114 Å². The van der Waals surface area contributed by atoms with E-state index < -0.39 is 23.2 Å². The van der Waals surface area contributed by atoms with Gasteiger partial charge in [0.05, 0.1) is 24.8 Å². The van der Waals surface area contributed by atoms with Gasteiger partial charge in [-0.25, -0.2) is 9.78 Å². The molecular formula is C19H29N3O6.